The molecule has 0 saturated carbocycles. The first kappa shape index (κ1) is 13.4. The highest BCUT2D eigenvalue weighted by atomic mass is 19.4. The molecule has 1 aromatic carbocycles. The summed E-state index contributed by atoms with van der Waals surface area (Å²) < 4.78 is 62.3. The molecule has 0 saturated heterocycles. The van der Waals surface area contributed by atoms with Crippen molar-refractivity contribution in [3.63, 3.8) is 0 Å². The van der Waals surface area contributed by atoms with Crippen LogP contribution < -0.4 is 5.73 Å². The number of Topliss-reactive ketones (excluding diaryl/α,β-unsaturated/α-hetero) is 1. The van der Waals surface area contributed by atoms with E-state index < -0.39 is 40.8 Å². The number of rotatable bonds is 2. The Morgan fingerprint density at radius 2 is 1.82 bits per heavy atom. The lowest BCUT2D eigenvalue weighted by atomic mass is 10.00. The van der Waals surface area contributed by atoms with Gasteiger partial charge in [0.25, 0.3) is 6.43 Å². The molecule has 0 radical (unpaired) electrons. The number of alkyl halides is 5. The fourth-order valence-electron chi connectivity index (χ4n) is 1.33. The summed E-state index contributed by atoms with van der Waals surface area (Å²) in [5.74, 6) is -0.796. The van der Waals surface area contributed by atoms with Crippen molar-refractivity contribution < 1.29 is 26.7 Å². The molecule has 0 spiro atoms. The molecule has 2 nitrogen and oxygen atoms in total. The minimum atomic E-state index is -4.88. The number of carbonyl (C=O) groups is 1. The number of hydrogen-bond donors (Lipinski definition) is 1. The molecule has 0 aliphatic rings. The quantitative estimate of drug-likeness (QED) is 0.498. The van der Waals surface area contributed by atoms with Crippen LogP contribution in [0, 0.1) is 0 Å². The first-order valence-corrected chi connectivity index (χ1v) is 4.44. The lowest BCUT2D eigenvalue weighted by Crippen LogP contribution is -2.13. The molecule has 94 valence electrons. The van der Waals surface area contributed by atoms with E-state index in [0.717, 1.165) is 6.92 Å². The monoisotopic (exact) mass is 253 g/mol. The zero-order valence-electron chi connectivity index (χ0n) is 8.61. The smallest absolute Gasteiger partial charge is 0.398 e. The minimum absolute atomic E-state index is 0.256. The summed E-state index contributed by atoms with van der Waals surface area (Å²) in [6.45, 7) is 0.959. The topological polar surface area (TPSA) is 43.1 Å². The molecule has 0 amide bonds. The van der Waals surface area contributed by atoms with Crippen molar-refractivity contribution in [2.24, 2.45) is 0 Å². The van der Waals surface area contributed by atoms with Crippen LogP contribution in [0.5, 0.6) is 0 Å². The van der Waals surface area contributed by atoms with Gasteiger partial charge in [-0.05, 0) is 19.1 Å². The molecule has 0 atom stereocenters. The van der Waals surface area contributed by atoms with Crippen LogP contribution in [0.2, 0.25) is 0 Å². The predicted octanol–water partition coefficient (Wildman–Crippen LogP) is 3.43. The van der Waals surface area contributed by atoms with Crippen molar-refractivity contribution in [3.8, 4) is 0 Å². The average molecular weight is 253 g/mol. The highest BCUT2D eigenvalue weighted by molar-refractivity contribution is 6.00. The maximum absolute atomic E-state index is 12.5. The van der Waals surface area contributed by atoms with Crippen molar-refractivity contribution in [2.75, 3.05) is 5.73 Å². The molecule has 17 heavy (non-hydrogen) atoms. The van der Waals surface area contributed by atoms with Crippen LogP contribution >= 0.6 is 0 Å². The van der Waals surface area contributed by atoms with Gasteiger partial charge in [0.2, 0.25) is 0 Å². The third-order valence-corrected chi connectivity index (χ3v) is 2.14. The van der Waals surface area contributed by atoms with Crippen molar-refractivity contribution in [3.05, 3.63) is 28.8 Å². The second-order valence-electron chi connectivity index (χ2n) is 3.38. The zero-order chi connectivity index (χ0) is 13.4. The normalized spacial score (nSPS) is 11.9. The van der Waals surface area contributed by atoms with Crippen LogP contribution in [0.25, 0.3) is 0 Å². The third-order valence-electron chi connectivity index (χ3n) is 2.14. The molecule has 0 heterocycles. The zero-order valence-corrected chi connectivity index (χ0v) is 8.61. The van der Waals surface area contributed by atoms with Crippen molar-refractivity contribution in [2.45, 2.75) is 19.5 Å². The number of nitrogen functional groups attached to an aromatic ring is 1. The average Bonchev–Trinajstić information content (AvgIpc) is 2.15. The Balaban J connectivity index is 3.55. The maximum atomic E-state index is 12.5. The number of nitrogens with two attached hydrogens (primary N) is 1. The molecule has 0 aliphatic carbocycles. The second-order valence-corrected chi connectivity index (χ2v) is 3.38. The van der Waals surface area contributed by atoms with E-state index in [2.05, 4.69) is 0 Å². The molecular formula is C10H8F5NO. The van der Waals surface area contributed by atoms with Crippen LogP contribution in [0.3, 0.4) is 0 Å². The second kappa shape index (κ2) is 4.31. The van der Waals surface area contributed by atoms with Gasteiger partial charge in [-0.2, -0.15) is 13.2 Å². The van der Waals surface area contributed by atoms with E-state index in [1.807, 2.05) is 0 Å². The van der Waals surface area contributed by atoms with E-state index in [1.165, 1.54) is 0 Å². The summed E-state index contributed by atoms with van der Waals surface area (Å²) >= 11 is 0. The number of carbonyl (C=O) groups excluding carboxylic acids is 1. The minimum Gasteiger partial charge on any atom is -0.398 e. The van der Waals surface area contributed by atoms with Gasteiger partial charge in [-0.25, -0.2) is 8.78 Å². The number of anilines is 1. The van der Waals surface area contributed by atoms with Crippen molar-refractivity contribution >= 4 is 11.5 Å². The summed E-state index contributed by atoms with van der Waals surface area (Å²) in [5.41, 5.74) is 1.49. The highest BCUT2D eigenvalue weighted by Crippen LogP contribution is 2.38. The molecule has 7 heteroatoms. The standard InChI is InChI=1S/C10H8F5NO/c1-4(17)6-2-5(9(11)12)3-7(8(6)16)10(13,14)15/h2-3,9H,16H2,1H3. The maximum Gasteiger partial charge on any atom is 0.418 e. The molecule has 1 rings (SSSR count). The van der Waals surface area contributed by atoms with Gasteiger partial charge >= 0.3 is 6.18 Å². The van der Waals surface area contributed by atoms with E-state index in [4.69, 9.17) is 5.73 Å². The lowest BCUT2D eigenvalue weighted by Gasteiger charge is -2.14. The Kier molecular flexibility index (Phi) is 3.40. The Hall–Kier alpha value is -1.66. The predicted molar refractivity (Wildman–Crippen MR) is 50.8 cm³/mol. The third kappa shape index (κ3) is 2.72. The van der Waals surface area contributed by atoms with Crippen LogP contribution in [-0.2, 0) is 6.18 Å². The van der Waals surface area contributed by atoms with Gasteiger partial charge in [-0.3, -0.25) is 4.79 Å². The van der Waals surface area contributed by atoms with E-state index >= 15 is 0 Å². The lowest BCUT2D eigenvalue weighted by molar-refractivity contribution is -0.137. The molecule has 0 unspecified atom stereocenters. The number of hydrogen-bond acceptors (Lipinski definition) is 2. The Labute approximate surface area is 93.2 Å². The van der Waals surface area contributed by atoms with Gasteiger partial charge in [0.05, 0.1) is 11.3 Å². The summed E-state index contributed by atoms with van der Waals surface area (Å²) in [7, 11) is 0. The molecule has 2 N–H and O–H groups in total. The van der Waals surface area contributed by atoms with Gasteiger partial charge in [0.15, 0.2) is 5.78 Å². The summed E-state index contributed by atoms with van der Waals surface area (Å²) in [4.78, 5) is 11.0. The molecule has 0 aliphatic heterocycles. The van der Waals surface area contributed by atoms with Crippen LogP contribution in [0.1, 0.15) is 34.8 Å². The van der Waals surface area contributed by atoms with Crippen LogP contribution in [0.15, 0.2) is 12.1 Å². The number of ketones is 1. The van der Waals surface area contributed by atoms with Crippen LogP contribution in [-0.4, -0.2) is 5.78 Å². The molecule has 1 aromatic rings. The van der Waals surface area contributed by atoms with Crippen molar-refractivity contribution in [1.82, 2.24) is 0 Å². The summed E-state index contributed by atoms with van der Waals surface area (Å²) in [6, 6.07) is 0.935. The van der Waals surface area contributed by atoms with E-state index in [-0.39, 0.29) is 6.07 Å². The van der Waals surface area contributed by atoms with Gasteiger partial charge < -0.3 is 5.73 Å². The molecule has 0 aromatic heterocycles. The van der Waals surface area contributed by atoms with Gasteiger partial charge in [0, 0.05) is 11.1 Å². The Morgan fingerprint density at radius 3 is 2.18 bits per heavy atom. The van der Waals surface area contributed by atoms with Gasteiger partial charge in [0.1, 0.15) is 0 Å². The van der Waals surface area contributed by atoms with E-state index in [0.29, 0.717) is 6.07 Å². The number of benzene rings is 1. The largest absolute Gasteiger partial charge is 0.418 e. The summed E-state index contributed by atoms with van der Waals surface area (Å²) in [6.07, 6.45) is -7.98. The fraction of sp³-hybridized carbons (Fsp3) is 0.300. The Morgan fingerprint density at radius 1 is 1.29 bits per heavy atom. The summed E-state index contributed by atoms with van der Waals surface area (Å²) in [5, 5.41) is 0. The van der Waals surface area contributed by atoms with Gasteiger partial charge in [-0.15, -0.1) is 0 Å². The van der Waals surface area contributed by atoms with E-state index in [9.17, 15) is 26.7 Å². The van der Waals surface area contributed by atoms with Gasteiger partial charge in [-0.1, -0.05) is 0 Å². The molecular weight excluding hydrogens is 245 g/mol. The molecule has 0 fully saturated rings. The molecule has 0 bridgehead atoms. The van der Waals surface area contributed by atoms with Crippen LogP contribution in [0.4, 0.5) is 27.6 Å². The first-order chi connectivity index (χ1) is 7.64. The Bertz CT molecular complexity index is 453. The van der Waals surface area contributed by atoms with E-state index in [1.54, 1.807) is 0 Å². The first-order valence-electron chi connectivity index (χ1n) is 4.44. The number of halogens is 5. The fourth-order valence-corrected chi connectivity index (χ4v) is 1.33. The SMILES string of the molecule is CC(=O)c1cc(C(F)F)cc(C(F)(F)F)c1N. The van der Waals surface area contributed by atoms with Crippen molar-refractivity contribution in [1.29, 1.82) is 0 Å². The highest BCUT2D eigenvalue weighted by Gasteiger charge is 2.35.